The normalized spacial score (nSPS) is 22.8. The topological polar surface area (TPSA) is 49.3 Å². The van der Waals surface area contributed by atoms with Gasteiger partial charge in [0, 0.05) is 11.5 Å². The van der Waals surface area contributed by atoms with Crippen molar-refractivity contribution in [3.05, 3.63) is 0 Å². The molecule has 0 heterocycles. The molecule has 1 atom stereocenters. The van der Waals surface area contributed by atoms with E-state index in [4.69, 9.17) is 5.11 Å². The molecule has 1 aliphatic rings. The third-order valence-electron chi connectivity index (χ3n) is 3.16. The van der Waals surface area contributed by atoms with Gasteiger partial charge in [-0.2, -0.15) is 0 Å². The number of carbonyl (C=O) groups excluding carboxylic acids is 1. The summed E-state index contributed by atoms with van der Waals surface area (Å²) in [6.45, 7) is 3.87. The standard InChI is InChI=1S/C11H21NO2/c1-9(8-13)12-10(14)11(2)6-4-3-5-7-11/h9,13H,3-8H2,1-2H3,(H,12,14). The number of rotatable bonds is 3. The number of aliphatic hydroxyl groups excluding tert-OH is 1. The second-order valence-electron chi connectivity index (χ2n) is 4.68. The average Bonchev–Trinajstić information content (AvgIpc) is 2.18. The van der Waals surface area contributed by atoms with Crippen molar-refractivity contribution in [3.63, 3.8) is 0 Å². The van der Waals surface area contributed by atoms with Gasteiger partial charge in [-0.3, -0.25) is 4.79 Å². The van der Waals surface area contributed by atoms with Crippen molar-refractivity contribution in [3.8, 4) is 0 Å². The maximum atomic E-state index is 11.9. The van der Waals surface area contributed by atoms with Gasteiger partial charge in [0.25, 0.3) is 0 Å². The fourth-order valence-electron chi connectivity index (χ4n) is 2.00. The van der Waals surface area contributed by atoms with Gasteiger partial charge < -0.3 is 10.4 Å². The molecule has 0 aromatic carbocycles. The predicted molar refractivity (Wildman–Crippen MR) is 55.9 cm³/mol. The molecule has 2 N–H and O–H groups in total. The number of amides is 1. The highest BCUT2D eigenvalue weighted by Crippen LogP contribution is 2.35. The third-order valence-corrected chi connectivity index (χ3v) is 3.16. The highest BCUT2D eigenvalue weighted by atomic mass is 16.3. The van der Waals surface area contributed by atoms with Gasteiger partial charge in [-0.1, -0.05) is 26.2 Å². The molecule has 1 rings (SSSR count). The van der Waals surface area contributed by atoms with E-state index in [1.165, 1.54) is 6.42 Å². The van der Waals surface area contributed by atoms with E-state index in [0.29, 0.717) is 0 Å². The van der Waals surface area contributed by atoms with Crippen molar-refractivity contribution in [2.75, 3.05) is 6.61 Å². The third kappa shape index (κ3) is 2.71. The van der Waals surface area contributed by atoms with Crippen LogP contribution in [0.15, 0.2) is 0 Å². The van der Waals surface area contributed by atoms with Crippen molar-refractivity contribution in [1.29, 1.82) is 0 Å². The lowest BCUT2D eigenvalue weighted by molar-refractivity contribution is -0.132. The molecule has 0 radical (unpaired) electrons. The van der Waals surface area contributed by atoms with Crippen LogP contribution in [0.25, 0.3) is 0 Å². The zero-order chi connectivity index (χ0) is 10.6. The highest BCUT2D eigenvalue weighted by molar-refractivity contribution is 5.82. The highest BCUT2D eigenvalue weighted by Gasteiger charge is 2.34. The summed E-state index contributed by atoms with van der Waals surface area (Å²) in [5.74, 6) is 0.110. The summed E-state index contributed by atoms with van der Waals surface area (Å²) in [5.41, 5.74) is -0.193. The summed E-state index contributed by atoms with van der Waals surface area (Å²) >= 11 is 0. The SMILES string of the molecule is CC(CO)NC(=O)C1(C)CCCCC1. The van der Waals surface area contributed by atoms with Crippen LogP contribution in [0.1, 0.15) is 46.0 Å². The zero-order valence-electron chi connectivity index (χ0n) is 9.18. The van der Waals surface area contributed by atoms with Crippen LogP contribution in [-0.2, 0) is 4.79 Å². The van der Waals surface area contributed by atoms with E-state index in [2.05, 4.69) is 5.32 Å². The van der Waals surface area contributed by atoms with Gasteiger partial charge in [0.2, 0.25) is 5.91 Å². The minimum absolute atomic E-state index is 0.0157. The van der Waals surface area contributed by atoms with Crippen LogP contribution in [0.3, 0.4) is 0 Å². The maximum absolute atomic E-state index is 11.9. The van der Waals surface area contributed by atoms with Crippen molar-refractivity contribution in [1.82, 2.24) is 5.32 Å². The van der Waals surface area contributed by atoms with E-state index in [-0.39, 0.29) is 24.0 Å². The quantitative estimate of drug-likeness (QED) is 0.723. The van der Waals surface area contributed by atoms with Crippen LogP contribution in [0.2, 0.25) is 0 Å². The minimum Gasteiger partial charge on any atom is -0.394 e. The minimum atomic E-state index is -0.193. The Bertz CT molecular complexity index is 197. The van der Waals surface area contributed by atoms with Gasteiger partial charge in [-0.15, -0.1) is 0 Å². The molecule has 0 bridgehead atoms. The monoisotopic (exact) mass is 199 g/mol. The van der Waals surface area contributed by atoms with Gasteiger partial charge in [0.1, 0.15) is 0 Å². The van der Waals surface area contributed by atoms with E-state index < -0.39 is 0 Å². The van der Waals surface area contributed by atoms with Gasteiger partial charge in [0.05, 0.1) is 6.61 Å². The van der Waals surface area contributed by atoms with Crippen LogP contribution < -0.4 is 5.32 Å². The molecule has 1 saturated carbocycles. The van der Waals surface area contributed by atoms with Gasteiger partial charge in [-0.05, 0) is 19.8 Å². The number of nitrogens with one attached hydrogen (secondary N) is 1. The molecule has 1 amide bonds. The summed E-state index contributed by atoms with van der Waals surface area (Å²) in [4.78, 5) is 11.9. The van der Waals surface area contributed by atoms with Crippen LogP contribution in [0.4, 0.5) is 0 Å². The average molecular weight is 199 g/mol. The predicted octanol–water partition coefficient (Wildman–Crippen LogP) is 1.45. The molecule has 0 aromatic rings. The Balaban J connectivity index is 2.49. The largest absolute Gasteiger partial charge is 0.394 e. The lowest BCUT2D eigenvalue weighted by Gasteiger charge is -2.32. The number of carbonyl (C=O) groups is 1. The lowest BCUT2D eigenvalue weighted by Crippen LogP contribution is -2.45. The molecule has 14 heavy (non-hydrogen) atoms. The number of hydrogen-bond donors (Lipinski definition) is 2. The summed E-state index contributed by atoms with van der Waals surface area (Å²) in [5, 5.41) is 11.7. The Morgan fingerprint density at radius 1 is 1.43 bits per heavy atom. The van der Waals surface area contributed by atoms with Gasteiger partial charge >= 0.3 is 0 Å². The first-order valence-electron chi connectivity index (χ1n) is 5.50. The first kappa shape index (κ1) is 11.5. The fourth-order valence-corrected chi connectivity index (χ4v) is 2.00. The van der Waals surface area contributed by atoms with Crippen molar-refractivity contribution >= 4 is 5.91 Å². The van der Waals surface area contributed by atoms with E-state index in [0.717, 1.165) is 25.7 Å². The number of hydrogen-bond acceptors (Lipinski definition) is 2. The molecule has 1 unspecified atom stereocenters. The lowest BCUT2D eigenvalue weighted by atomic mass is 9.75. The Labute approximate surface area is 85.9 Å². The first-order valence-corrected chi connectivity index (χ1v) is 5.50. The molecule has 0 saturated heterocycles. The van der Waals surface area contributed by atoms with E-state index in [1.54, 1.807) is 0 Å². The molecule has 82 valence electrons. The summed E-state index contributed by atoms with van der Waals surface area (Å²) in [7, 11) is 0. The molecule has 3 heteroatoms. The van der Waals surface area contributed by atoms with Crippen LogP contribution in [0.5, 0.6) is 0 Å². The summed E-state index contributed by atoms with van der Waals surface area (Å²) < 4.78 is 0. The fraction of sp³-hybridized carbons (Fsp3) is 0.909. The molecule has 0 aliphatic heterocycles. The molecule has 0 aromatic heterocycles. The van der Waals surface area contributed by atoms with E-state index >= 15 is 0 Å². The Morgan fingerprint density at radius 3 is 2.50 bits per heavy atom. The molecule has 1 fully saturated rings. The van der Waals surface area contributed by atoms with Crippen LogP contribution >= 0.6 is 0 Å². The summed E-state index contributed by atoms with van der Waals surface area (Å²) in [6, 6.07) is -0.124. The van der Waals surface area contributed by atoms with Gasteiger partial charge in [-0.25, -0.2) is 0 Å². The molecule has 1 aliphatic carbocycles. The molecular formula is C11H21NO2. The second kappa shape index (κ2) is 4.78. The molecule has 0 spiro atoms. The Kier molecular flexibility index (Phi) is 3.93. The smallest absolute Gasteiger partial charge is 0.226 e. The van der Waals surface area contributed by atoms with Crippen molar-refractivity contribution in [2.24, 2.45) is 5.41 Å². The van der Waals surface area contributed by atoms with Crippen LogP contribution in [0, 0.1) is 5.41 Å². The number of aliphatic hydroxyl groups is 1. The maximum Gasteiger partial charge on any atom is 0.226 e. The second-order valence-corrected chi connectivity index (χ2v) is 4.68. The van der Waals surface area contributed by atoms with E-state index in [1.807, 2.05) is 13.8 Å². The summed E-state index contributed by atoms with van der Waals surface area (Å²) in [6.07, 6.45) is 5.52. The Morgan fingerprint density at radius 2 is 2.00 bits per heavy atom. The van der Waals surface area contributed by atoms with E-state index in [9.17, 15) is 4.79 Å². The van der Waals surface area contributed by atoms with Crippen molar-refractivity contribution < 1.29 is 9.90 Å². The molecular weight excluding hydrogens is 178 g/mol. The molecule has 3 nitrogen and oxygen atoms in total. The van der Waals surface area contributed by atoms with Crippen molar-refractivity contribution in [2.45, 2.75) is 52.0 Å². The van der Waals surface area contributed by atoms with Crippen LogP contribution in [-0.4, -0.2) is 23.7 Å². The van der Waals surface area contributed by atoms with Gasteiger partial charge in [0.15, 0.2) is 0 Å². The zero-order valence-corrected chi connectivity index (χ0v) is 9.18. The Hall–Kier alpha value is -0.570. The first-order chi connectivity index (χ1) is 6.58.